The van der Waals surface area contributed by atoms with Crippen molar-refractivity contribution in [1.29, 1.82) is 0 Å². The molecule has 0 spiro atoms. The van der Waals surface area contributed by atoms with Gasteiger partial charge in [0.15, 0.2) is 5.76 Å². The third-order valence-corrected chi connectivity index (χ3v) is 5.30. The Hall–Kier alpha value is -1.76. The van der Waals surface area contributed by atoms with Gasteiger partial charge in [0.25, 0.3) is 0 Å². The maximum atomic E-state index is 13.9. The molecule has 6 heteroatoms. The highest BCUT2D eigenvalue weighted by atomic mass is 19.1. The van der Waals surface area contributed by atoms with Crippen molar-refractivity contribution < 1.29 is 18.7 Å². The number of ether oxygens (including phenoxy) is 1. The Morgan fingerprint density at radius 1 is 1.28 bits per heavy atom. The number of hydrogen-bond donors (Lipinski definition) is 1. The zero-order valence-electron chi connectivity index (χ0n) is 14.1. The fraction of sp³-hybridized carbons (Fsp3) is 0.526. The van der Waals surface area contributed by atoms with Crippen molar-refractivity contribution in [2.45, 2.75) is 38.0 Å². The van der Waals surface area contributed by atoms with E-state index < -0.39 is 0 Å². The van der Waals surface area contributed by atoms with Crippen LogP contribution in [0.4, 0.5) is 4.39 Å². The predicted molar refractivity (Wildman–Crippen MR) is 90.3 cm³/mol. The standard InChI is InChI=1S/C19H23FN2O3/c20-15-5-2-1-4-13(15)18-10-21-19(25-18)11-22-8-3-6-16(22)14-12-24-9-7-17(14)23/h1-2,4-5,10,14,16-17,23H,3,6-9,11-12H2/t14-,16-,17-/m1/s1. The Morgan fingerprint density at radius 3 is 3.00 bits per heavy atom. The second-order valence-corrected chi connectivity index (χ2v) is 6.87. The maximum Gasteiger partial charge on any atom is 0.209 e. The molecule has 2 saturated heterocycles. The zero-order valence-corrected chi connectivity index (χ0v) is 14.1. The van der Waals surface area contributed by atoms with Gasteiger partial charge in [-0.25, -0.2) is 9.37 Å². The number of likely N-dealkylation sites (tertiary alicyclic amines) is 1. The lowest BCUT2D eigenvalue weighted by molar-refractivity contribution is -0.0643. The highest BCUT2D eigenvalue weighted by Crippen LogP contribution is 2.31. The summed E-state index contributed by atoms with van der Waals surface area (Å²) in [6.07, 6.45) is 4.11. The van der Waals surface area contributed by atoms with E-state index in [0.717, 1.165) is 19.4 Å². The van der Waals surface area contributed by atoms with Crippen LogP contribution in [0.1, 0.15) is 25.2 Å². The smallest absolute Gasteiger partial charge is 0.209 e. The minimum absolute atomic E-state index is 0.136. The monoisotopic (exact) mass is 346 g/mol. The van der Waals surface area contributed by atoms with Crippen LogP contribution in [0.15, 0.2) is 34.9 Å². The summed E-state index contributed by atoms with van der Waals surface area (Å²) in [6, 6.07) is 6.82. The van der Waals surface area contributed by atoms with Crippen molar-refractivity contribution >= 4 is 0 Å². The number of aromatic nitrogens is 1. The summed E-state index contributed by atoms with van der Waals surface area (Å²) in [5.41, 5.74) is 0.426. The first kappa shape index (κ1) is 16.7. The third-order valence-electron chi connectivity index (χ3n) is 5.30. The summed E-state index contributed by atoms with van der Waals surface area (Å²) in [5.74, 6) is 0.852. The first-order chi connectivity index (χ1) is 12.2. The zero-order chi connectivity index (χ0) is 17.2. The molecule has 1 N–H and O–H groups in total. The van der Waals surface area contributed by atoms with Crippen LogP contribution in [0, 0.1) is 11.7 Å². The second kappa shape index (κ2) is 7.23. The summed E-state index contributed by atoms with van der Waals surface area (Å²) in [4.78, 5) is 6.63. The largest absolute Gasteiger partial charge is 0.439 e. The number of hydrogen-bond acceptors (Lipinski definition) is 5. The van der Waals surface area contributed by atoms with E-state index in [0.29, 0.717) is 43.4 Å². The van der Waals surface area contributed by atoms with Gasteiger partial charge in [-0.3, -0.25) is 4.90 Å². The summed E-state index contributed by atoms with van der Waals surface area (Å²) in [7, 11) is 0. The van der Waals surface area contributed by atoms with Crippen LogP contribution in [0.5, 0.6) is 0 Å². The van der Waals surface area contributed by atoms with Crippen LogP contribution < -0.4 is 0 Å². The average molecular weight is 346 g/mol. The molecule has 0 unspecified atom stereocenters. The quantitative estimate of drug-likeness (QED) is 0.922. The Kier molecular flexibility index (Phi) is 4.83. The van der Waals surface area contributed by atoms with Gasteiger partial charge in [0.05, 0.1) is 31.0 Å². The Labute approximate surface area is 146 Å². The van der Waals surface area contributed by atoms with E-state index in [4.69, 9.17) is 9.15 Å². The molecule has 0 amide bonds. The number of aliphatic hydroxyl groups excluding tert-OH is 1. The van der Waals surface area contributed by atoms with Crippen LogP contribution in [-0.4, -0.2) is 46.9 Å². The summed E-state index contributed by atoms with van der Waals surface area (Å²) >= 11 is 0. The molecule has 0 radical (unpaired) electrons. The average Bonchev–Trinajstić information content (AvgIpc) is 3.26. The highest BCUT2D eigenvalue weighted by Gasteiger charge is 2.37. The number of oxazole rings is 1. The molecule has 4 rings (SSSR count). The first-order valence-electron chi connectivity index (χ1n) is 8.92. The number of benzene rings is 1. The van der Waals surface area contributed by atoms with Crippen LogP contribution >= 0.6 is 0 Å². The Balaban J connectivity index is 1.47. The summed E-state index contributed by atoms with van der Waals surface area (Å²) in [6.45, 7) is 2.76. The number of halogens is 1. The minimum Gasteiger partial charge on any atom is -0.439 e. The molecule has 1 aromatic carbocycles. The molecule has 3 heterocycles. The molecular formula is C19H23FN2O3. The topological polar surface area (TPSA) is 58.7 Å². The normalized spacial score (nSPS) is 27.7. The molecule has 134 valence electrons. The fourth-order valence-electron chi connectivity index (χ4n) is 3.99. The maximum absolute atomic E-state index is 13.9. The van der Waals surface area contributed by atoms with Crippen LogP contribution in [0.2, 0.25) is 0 Å². The Bertz CT molecular complexity index is 720. The van der Waals surface area contributed by atoms with Gasteiger partial charge in [-0.05, 0) is 37.9 Å². The van der Waals surface area contributed by atoms with Crippen LogP contribution in [0.25, 0.3) is 11.3 Å². The predicted octanol–water partition coefficient (Wildman–Crippen LogP) is 2.84. The van der Waals surface area contributed by atoms with E-state index >= 15 is 0 Å². The molecule has 1 aromatic heterocycles. The molecule has 2 aliphatic heterocycles. The van der Waals surface area contributed by atoms with Crippen molar-refractivity contribution in [2.24, 2.45) is 5.92 Å². The molecule has 2 aliphatic rings. The molecule has 5 nitrogen and oxygen atoms in total. The van der Waals surface area contributed by atoms with Gasteiger partial charge in [-0.1, -0.05) is 12.1 Å². The fourth-order valence-corrected chi connectivity index (χ4v) is 3.99. The molecule has 25 heavy (non-hydrogen) atoms. The summed E-state index contributed by atoms with van der Waals surface area (Å²) in [5, 5.41) is 10.3. The molecular weight excluding hydrogens is 323 g/mol. The third kappa shape index (κ3) is 3.47. The molecule has 0 aliphatic carbocycles. The first-order valence-corrected chi connectivity index (χ1v) is 8.92. The van der Waals surface area contributed by atoms with E-state index in [1.54, 1.807) is 24.4 Å². The van der Waals surface area contributed by atoms with Crippen molar-refractivity contribution in [3.8, 4) is 11.3 Å². The highest BCUT2D eigenvalue weighted by molar-refractivity contribution is 5.56. The lowest BCUT2D eigenvalue weighted by Crippen LogP contribution is -2.45. The van der Waals surface area contributed by atoms with Gasteiger partial charge in [0.1, 0.15) is 5.82 Å². The van der Waals surface area contributed by atoms with Gasteiger partial charge >= 0.3 is 0 Å². The Morgan fingerprint density at radius 2 is 2.16 bits per heavy atom. The molecule has 2 aromatic rings. The van der Waals surface area contributed by atoms with Crippen LogP contribution in [0.3, 0.4) is 0 Å². The molecule has 0 saturated carbocycles. The van der Waals surface area contributed by atoms with Crippen molar-refractivity contribution in [3.63, 3.8) is 0 Å². The van der Waals surface area contributed by atoms with E-state index in [1.807, 2.05) is 0 Å². The number of rotatable bonds is 4. The van der Waals surface area contributed by atoms with Gasteiger partial charge in [-0.2, -0.15) is 0 Å². The number of nitrogens with zero attached hydrogens (tertiary/aromatic N) is 2. The van der Waals surface area contributed by atoms with Crippen molar-refractivity contribution in [3.05, 3.63) is 42.2 Å². The van der Waals surface area contributed by atoms with Gasteiger partial charge in [0, 0.05) is 18.6 Å². The molecule has 0 bridgehead atoms. The van der Waals surface area contributed by atoms with E-state index in [9.17, 15) is 9.50 Å². The number of aliphatic hydroxyl groups is 1. The van der Waals surface area contributed by atoms with Crippen molar-refractivity contribution in [2.75, 3.05) is 19.8 Å². The van der Waals surface area contributed by atoms with Crippen LogP contribution in [-0.2, 0) is 11.3 Å². The van der Waals surface area contributed by atoms with Gasteiger partial charge in [-0.15, -0.1) is 0 Å². The minimum atomic E-state index is -0.313. The summed E-state index contributed by atoms with van der Waals surface area (Å²) < 4.78 is 25.3. The van der Waals surface area contributed by atoms with E-state index in [1.165, 1.54) is 6.07 Å². The van der Waals surface area contributed by atoms with E-state index in [-0.39, 0.29) is 23.9 Å². The van der Waals surface area contributed by atoms with E-state index in [2.05, 4.69) is 9.88 Å². The van der Waals surface area contributed by atoms with Gasteiger partial charge in [0.2, 0.25) is 5.89 Å². The lowest BCUT2D eigenvalue weighted by Gasteiger charge is -2.36. The SMILES string of the molecule is O[C@@H]1CCOC[C@@H]1[C@H]1CCCN1Cc1ncc(-c2ccccc2F)o1. The second-order valence-electron chi connectivity index (χ2n) is 6.87. The van der Waals surface area contributed by atoms with Crippen molar-refractivity contribution in [1.82, 2.24) is 9.88 Å². The molecule has 2 fully saturated rings. The van der Waals surface area contributed by atoms with Gasteiger partial charge < -0.3 is 14.3 Å². The lowest BCUT2D eigenvalue weighted by atomic mass is 9.89. The molecule has 3 atom stereocenters.